The molecule has 0 aromatic heterocycles. The van der Waals surface area contributed by atoms with Crippen molar-refractivity contribution in [3.63, 3.8) is 0 Å². The maximum Gasteiger partial charge on any atom is 0.305 e. The first-order valence-electron chi connectivity index (χ1n) is 4.72. The van der Waals surface area contributed by atoms with Crippen molar-refractivity contribution in [3.05, 3.63) is 35.6 Å². The van der Waals surface area contributed by atoms with Gasteiger partial charge in [-0.3, -0.25) is 4.79 Å². The summed E-state index contributed by atoms with van der Waals surface area (Å²) in [5.41, 5.74) is 0.763. The highest BCUT2D eigenvalue weighted by atomic mass is 19.1. The van der Waals surface area contributed by atoms with Crippen LogP contribution in [-0.2, 0) is 11.2 Å². The molecule has 1 unspecified atom stereocenters. The average Bonchev–Trinajstić information content (AvgIpc) is 2.14. The SMILES string of the molecule is O=C(O)CC(O)CCc1cccc(F)c1. The zero-order chi connectivity index (χ0) is 11.3. The lowest BCUT2D eigenvalue weighted by Gasteiger charge is -2.07. The lowest BCUT2D eigenvalue weighted by molar-refractivity contribution is -0.139. The number of carboxylic acid groups (broad SMARTS) is 1. The molecule has 0 aliphatic heterocycles. The fourth-order valence-corrected chi connectivity index (χ4v) is 1.33. The van der Waals surface area contributed by atoms with Gasteiger partial charge in [0.1, 0.15) is 5.82 Å². The van der Waals surface area contributed by atoms with Gasteiger partial charge >= 0.3 is 5.97 Å². The molecule has 1 rings (SSSR count). The third kappa shape index (κ3) is 4.56. The Morgan fingerprint density at radius 3 is 2.80 bits per heavy atom. The van der Waals surface area contributed by atoms with Crippen LogP contribution in [0.3, 0.4) is 0 Å². The second-order valence-electron chi connectivity index (χ2n) is 3.42. The van der Waals surface area contributed by atoms with Crippen LogP contribution >= 0.6 is 0 Å². The fraction of sp³-hybridized carbons (Fsp3) is 0.364. The zero-order valence-electron chi connectivity index (χ0n) is 8.19. The normalized spacial score (nSPS) is 12.4. The minimum atomic E-state index is -1.03. The summed E-state index contributed by atoms with van der Waals surface area (Å²) in [5, 5.41) is 17.7. The molecule has 4 heteroatoms. The Morgan fingerprint density at radius 2 is 2.20 bits per heavy atom. The summed E-state index contributed by atoms with van der Waals surface area (Å²) in [6.45, 7) is 0. The van der Waals surface area contributed by atoms with E-state index in [1.807, 2.05) is 0 Å². The van der Waals surface area contributed by atoms with Gasteiger partial charge in [-0.15, -0.1) is 0 Å². The van der Waals surface area contributed by atoms with Crippen molar-refractivity contribution in [1.29, 1.82) is 0 Å². The molecule has 0 radical (unpaired) electrons. The predicted molar refractivity (Wildman–Crippen MR) is 53.0 cm³/mol. The third-order valence-corrected chi connectivity index (χ3v) is 2.07. The molecule has 0 amide bonds. The number of aryl methyl sites for hydroxylation is 1. The largest absolute Gasteiger partial charge is 0.481 e. The van der Waals surface area contributed by atoms with Gasteiger partial charge in [-0.2, -0.15) is 0 Å². The van der Waals surface area contributed by atoms with Crippen LogP contribution in [0.25, 0.3) is 0 Å². The predicted octanol–water partition coefficient (Wildman–Crippen LogP) is 1.59. The minimum absolute atomic E-state index is 0.269. The molecule has 15 heavy (non-hydrogen) atoms. The topological polar surface area (TPSA) is 57.5 Å². The summed E-state index contributed by atoms with van der Waals surface area (Å²) >= 11 is 0. The van der Waals surface area contributed by atoms with E-state index >= 15 is 0 Å². The van der Waals surface area contributed by atoms with Crippen molar-refractivity contribution < 1.29 is 19.4 Å². The van der Waals surface area contributed by atoms with E-state index in [2.05, 4.69) is 0 Å². The van der Waals surface area contributed by atoms with Crippen LogP contribution in [0.4, 0.5) is 4.39 Å². The van der Waals surface area contributed by atoms with Crippen molar-refractivity contribution in [2.75, 3.05) is 0 Å². The fourth-order valence-electron chi connectivity index (χ4n) is 1.33. The summed E-state index contributed by atoms with van der Waals surface area (Å²) in [7, 11) is 0. The number of aliphatic hydroxyl groups is 1. The van der Waals surface area contributed by atoms with E-state index in [4.69, 9.17) is 5.11 Å². The van der Waals surface area contributed by atoms with Gasteiger partial charge in [-0.05, 0) is 30.5 Å². The first-order valence-corrected chi connectivity index (χ1v) is 4.72. The molecule has 0 fully saturated rings. The summed E-state index contributed by atoms with van der Waals surface area (Å²) in [6.07, 6.45) is -0.331. The summed E-state index contributed by atoms with van der Waals surface area (Å²) in [5.74, 6) is -1.35. The Bertz CT molecular complexity index is 338. The Kier molecular flexibility index (Phi) is 4.24. The van der Waals surface area contributed by atoms with E-state index in [9.17, 15) is 14.3 Å². The van der Waals surface area contributed by atoms with E-state index in [1.165, 1.54) is 12.1 Å². The maximum atomic E-state index is 12.7. The Balaban J connectivity index is 2.40. The first-order chi connectivity index (χ1) is 7.08. The van der Waals surface area contributed by atoms with Crippen molar-refractivity contribution in [2.45, 2.75) is 25.4 Å². The Hall–Kier alpha value is -1.42. The molecule has 2 N–H and O–H groups in total. The first kappa shape index (κ1) is 11.7. The van der Waals surface area contributed by atoms with Crippen LogP contribution in [-0.4, -0.2) is 22.3 Å². The van der Waals surface area contributed by atoms with Crippen molar-refractivity contribution >= 4 is 5.97 Å². The van der Waals surface area contributed by atoms with Crippen LogP contribution in [0.15, 0.2) is 24.3 Å². The molecule has 0 saturated heterocycles. The molecule has 82 valence electrons. The van der Waals surface area contributed by atoms with Gasteiger partial charge in [-0.25, -0.2) is 4.39 Å². The smallest absolute Gasteiger partial charge is 0.305 e. The molecule has 3 nitrogen and oxygen atoms in total. The van der Waals surface area contributed by atoms with E-state index < -0.39 is 12.1 Å². The van der Waals surface area contributed by atoms with E-state index in [0.29, 0.717) is 12.8 Å². The summed E-state index contributed by atoms with van der Waals surface area (Å²) < 4.78 is 12.7. The van der Waals surface area contributed by atoms with Gasteiger partial charge in [0, 0.05) is 0 Å². The number of carboxylic acids is 1. The van der Waals surface area contributed by atoms with Crippen LogP contribution in [0, 0.1) is 5.82 Å². The molecular weight excluding hydrogens is 199 g/mol. The van der Waals surface area contributed by atoms with Gasteiger partial charge in [0.2, 0.25) is 0 Å². The van der Waals surface area contributed by atoms with Gasteiger partial charge in [0.15, 0.2) is 0 Å². The third-order valence-electron chi connectivity index (χ3n) is 2.07. The van der Waals surface area contributed by atoms with Crippen molar-refractivity contribution in [3.8, 4) is 0 Å². The number of aliphatic carboxylic acids is 1. The highest BCUT2D eigenvalue weighted by molar-refractivity contribution is 5.67. The standard InChI is InChI=1S/C11H13FO3/c12-9-3-1-2-8(6-9)4-5-10(13)7-11(14)15/h1-3,6,10,13H,4-5,7H2,(H,14,15). The number of benzene rings is 1. The zero-order valence-corrected chi connectivity index (χ0v) is 8.19. The monoisotopic (exact) mass is 212 g/mol. The second kappa shape index (κ2) is 5.46. The Morgan fingerprint density at radius 1 is 1.47 bits per heavy atom. The molecule has 0 heterocycles. The second-order valence-corrected chi connectivity index (χ2v) is 3.42. The molecule has 0 spiro atoms. The number of halogens is 1. The number of rotatable bonds is 5. The van der Waals surface area contributed by atoms with Crippen LogP contribution < -0.4 is 0 Å². The van der Waals surface area contributed by atoms with Crippen LogP contribution in [0.5, 0.6) is 0 Å². The average molecular weight is 212 g/mol. The lowest BCUT2D eigenvalue weighted by Crippen LogP contribution is -2.13. The lowest BCUT2D eigenvalue weighted by atomic mass is 10.1. The van der Waals surface area contributed by atoms with E-state index in [-0.39, 0.29) is 12.2 Å². The molecule has 1 atom stereocenters. The highest BCUT2D eigenvalue weighted by Gasteiger charge is 2.09. The highest BCUT2D eigenvalue weighted by Crippen LogP contribution is 2.09. The van der Waals surface area contributed by atoms with Gasteiger partial charge in [-0.1, -0.05) is 12.1 Å². The minimum Gasteiger partial charge on any atom is -0.481 e. The number of carbonyl (C=O) groups is 1. The van der Waals surface area contributed by atoms with Gasteiger partial charge < -0.3 is 10.2 Å². The molecule has 0 saturated carbocycles. The maximum absolute atomic E-state index is 12.7. The number of hydrogen-bond acceptors (Lipinski definition) is 2. The van der Waals surface area contributed by atoms with E-state index in [0.717, 1.165) is 5.56 Å². The van der Waals surface area contributed by atoms with Crippen molar-refractivity contribution in [1.82, 2.24) is 0 Å². The van der Waals surface area contributed by atoms with Crippen LogP contribution in [0.2, 0.25) is 0 Å². The molecule has 1 aromatic rings. The summed E-state index contributed by atoms with van der Waals surface area (Å²) in [4.78, 5) is 10.3. The number of aliphatic hydroxyl groups excluding tert-OH is 1. The van der Waals surface area contributed by atoms with Gasteiger partial charge in [0.05, 0.1) is 12.5 Å². The molecule has 0 aliphatic carbocycles. The van der Waals surface area contributed by atoms with E-state index in [1.54, 1.807) is 12.1 Å². The van der Waals surface area contributed by atoms with Crippen molar-refractivity contribution in [2.24, 2.45) is 0 Å². The molecule has 0 bridgehead atoms. The quantitative estimate of drug-likeness (QED) is 0.779. The number of hydrogen-bond donors (Lipinski definition) is 2. The molecule has 0 aliphatic rings. The van der Waals surface area contributed by atoms with Crippen LogP contribution in [0.1, 0.15) is 18.4 Å². The molecular formula is C11H13FO3. The molecule has 1 aromatic carbocycles. The van der Waals surface area contributed by atoms with Gasteiger partial charge in [0.25, 0.3) is 0 Å². The summed E-state index contributed by atoms with van der Waals surface area (Å²) in [6, 6.07) is 6.06. The Labute approximate surface area is 87.2 Å².